The summed E-state index contributed by atoms with van der Waals surface area (Å²) in [5.41, 5.74) is 2.23. The molecular formula is C19H22BrN3O2S. The number of carbonyl (C=O) groups is 1. The number of anilines is 1. The molecule has 1 atom stereocenters. The van der Waals surface area contributed by atoms with Gasteiger partial charge in [-0.3, -0.25) is 14.6 Å². The van der Waals surface area contributed by atoms with Gasteiger partial charge < -0.3 is 4.74 Å². The van der Waals surface area contributed by atoms with Gasteiger partial charge in [0.25, 0.3) is 0 Å². The van der Waals surface area contributed by atoms with Gasteiger partial charge in [-0.25, -0.2) is 4.98 Å². The molecule has 1 aliphatic heterocycles. The predicted molar refractivity (Wildman–Crippen MR) is 106 cm³/mol. The fourth-order valence-corrected chi connectivity index (χ4v) is 4.69. The van der Waals surface area contributed by atoms with Crippen molar-refractivity contribution in [1.82, 2.24) is 9.88 Å². The van der Waals surface area contributed by atoms with E-state index in [4.69, 9.17) is 9.72 Å². The Kier molecular flexibility index (Phi) is 5.40. The molecule has 1 aromatic heterocycles. The maximum absolute atomic E-state index is 11.9. The van der Waals surface area contributed by atoms with Gasteiger partial charge in [-0.1, -0.05) is 28.1 Å². The van der Waals surface area contributed by atoms with Crippen molar-refractivity contribution in [2.75, 3.05) is 24.6 Å². The summed E-state index contributed by atoms with van der Waals surface area (Å²) in [5, 5.41) is 2.92. The summed E-state index contributed by atoms with van der Waals surface area (Å²) >= 11 is 5.10. The van der Waals surface area contributed by atoms with Crippen LogP contribution < -0.4 is 4.90 Å². The number of hydrogen-bond donors (Lipinski definition) is 0. The van der Waals surface area contributed by atoms with Crippen molar-refractivity contribution in [3.8, 4) is 0 Å². The third-order valence-corrected chi connectivity index (χ3v) is 6.14. The second kappa shape index (κ2) is 7.76. The lowest BCUT2D eigenvalue weighted by atomic mass is 10.1. The number of ether oxygens (including phenoxy) is 1. The number of benzene rings is 1. The molecule has 2 aromatic rings. The molecule has 2 aliphatic rings. The van der Waals surface area contributed by atoms with Crippen molar-refractivity contribution in [1.29, 1.82) is 0 Å². The van der Waals surface area contributed by atoms with Crippen molar-refractivity contribution in [2.45, 2.75) is 38.5 Å². The Balaban J connectivity index is 1.42. The van der Waals surface area contributed by atoms with Crippen LogP contribution in [0.1, 0.15) is 37.1 Å². The van der Waals surface area contributed by atoms with Crippen molar-refractivity contribution < 1.29 is 9.53 Å². The van der Waals surface area contributed by atoms with Gasteiger partial charge in [0.15, 0.2) is 5.13 Å². The van der Waals surface area contributed by atoms with E-state index < -0.39 is 0 Å². The van der Waals surface area contributed by atoms with Crippen LogP contribution in [-0.4, -0.2) is 41.5 Å². The van der Waals surface area contributed by atoms with Gasteiger partial charge in [0.2, 0.25) is 5.91 Å². The van der Waals surface area contributed by atoms with Gasteiger partial charge in [-0.2, -0.15) is 0 Å². The molecule has 2 heterocycles. The topological polar surface area (TPSA) is 45.7 Å². The summed E-state index contributed by atoms with van der Waals surface area (Å²) in [6, 6.07) is 8.66. The minimum absolute atomic E-state index is 0.0829. The van der Waals surface area contributed by atoms with Gasteiger partial charge >= 0.3 is 0 Å². The summed E-state index contributed by atoms with van der Waals surface area (Å²) in [4.78, 5) is 20.9. The Bertz CT molecular complexity index is 793. The van der Waals surface area contributed by atoms with Crippen LogP contribution in [0.5, 0.6) is 0 Å². The number of halogens is 1. The zero-order valence-electron chi connectivity index (χ0n) is 14.7. The maximum atomic E-state index is 11.9. The number of nitrogens with zero attached hydrogens (tertiary/aromatic N) is 3. The normalized spacial score (nSPS) is 20.9. The van der Waals surface area contributed by atoms with E-state index in [-0.39, 0.29) is 12.0 Å². The lowest BCUT2D eigenvalue weighted by Gasteiger charge is -2.32. The summed E-state index contributed by atoms with van der Waals surface area (Å²) in [7, 11) is 0. The van der Waals surface area contributed by atoms with E-state index in [0.29, 0.717) is 6.04 Å². The number of carbonyl (C=O) groups excluding carboxylic acids is 1. The summed E-state index contributed by atoms with van der Waals surface area (Å²) in [6.07, 6.45) is 2.26. The smallest absolute Gasteiger partial charge is 0.225 e. The number of aromatic nitrogens is 1. The Morgan fingerprint density at radius 3 is 3.04 bits per heavy atom. The van der Waals surface area contributed by atoms with Crippen LogP contribution in [0.15, 0.2) is 34.1 Å². The Morgan fingerprint density at radius 1 is 1.46 bits per heavy atom. The number of rotatable bonds is 5. The second-order valence-corrected chi connectivity index (χ2v) is 8.64. The van der Waals surface area contributed by atoms with Crippen LogP contribution in [-0.2, 0) is 16.1 Å². The molecule has 5 nitrogen and oxygen atoms in total. The fourth-order valence-electron chi connectivity index (χ4n) is 3.34. The molecule has 1 saturated heterocycles. The van der Waals surface area contributed by atoms with Gasteiger partial charge in [0.05, 0.1) is 18.4 Å². The highest BCUT2D eigenvalue weighted by molar-refractivity contribution is 9.10. The van der Waals surface area contributed by atoms with Crippen molar-refractivity contribution in [2.24, 2.45) is 0 Å². The van der Waals surface area contributed by atoms with E-state index in [1.165, 1.54) is 5.56 Å². The molecule has 2 fully saturated rings. The Labute approximate surface area is 166 Å². The highest BCUT2D eigenvalue weighted by atomic mass is 79.9. The number of morpholine rings is 1. The van der Waals surface area contributed by atoms with Gasteiger partial charge in [-0.05, 0) is 30.5 Å². The first-order valence-electron chi connectivity index (χ1n) is 8.94. The first kappa shape index (κ1) is 18.1. The maximum Gasteiger partial charge on any atom is 0.225 e. The van der Waals surface area contributed by atoms with Gasteiger partial charge in [0.1, 0.15) is 0 Å². The molecule has 26 heavy (non-hydrogen) atoms. The van der Waals surface area contributed by atoms with E-state index in [1.54, 1.807) is 18.3 Å². The van der Waals surface area contributed by atoms with Gasteiger partial charge in [0, 0.05) is 42.5 Å². The van der Waals surface area contributed by atoms with Gasteiger partial charge in [-0.15, -0.1) is 11.3 Å². The first-order chi connectivity index (χ1) is 12.6. The third-order valence-electron chi connectivity index (χ3n) is 4.75. The molecule has 7 heteroatoms. The monoisotopic (exact) mass is 435 g/mol. The largest absolute Gasteiger partial charge is 0.371 e. The average molecular weight is 436 g/mol. The van der Waals surface area contributed by atoms with Crippen molar-refractivity contribution in [3.63, 3.8) is 0 Å². The van der Waals surface area contributed by atoms with E-state index in [2.05, 4.69) is 38.3 Å². The molecule has 1 saturated carbocycles. The number of thiazole rings is 1. The fraction of sp³-hybridized carbons (Fsp3) is 0.474. The lowest BCUT2D eigenvalue weighted by Crippen LogP contribution is -2.38. The molecule has 4 rings (SSSR count). The zero-order valence-corrected chi connectivity index (χ0v) is 17.1. The highest BCUT2D eigenvalue weighted by Crippen LogP contribution is 2.34. The Hall–Kier alpha value is -1.28. The summed E-state index contributed by atoms with van der Waals surface area (Å²) in [5.74, 6) is 0.0921. The quantitative estimate of drug-likeness (QED) is 0.711. The van der Waals surface area contributed by atoms with E-state index in [9.17, 15) is 4.79 Å². The molecule has 0 radical (unpaired) electrons. The molecule has 1 unspecified atom stereocenters. The number of amides is 1. The van der Waals surface area contributed by atoms with Crippen LogP contribution in [0.2, 0.25) is 0 Å². The van der Waals surface area contributed by atoms with Crippen LogP contribution in [0.3, 0.4) is 0 Å². The SMILES string of the molecule is CC(=O)N(c1nc(CN2CCOC(c3cccc(Br)c3)C2)cs1)C1CC1. The molecular weight excluding hydrogens is 414 g/mol. The summed E-state index contributed by atoms with van der Waals surface area (Å²) < 4.78 is 7.04. The molecule has 1 aliphatic carbocycles. The van der Waals surface area contributed by atoms with Crippen molar-refractivity contribution in [3.05, 3.63) is 45.4 Å². The van der Waals surface area contributed by atoms with Crippen molar-refractivity contribution >= 4 is 38.3 Å². The number of hydrogen-bond acceptors (Lipinski definition) is 5. The molecule has 1 aromatic carbocycles. The molecule has 138 valence electrons. The molecule has 1 amide bonds. The average Bonchev–Trinajstić information content (AvgIpc) is 3.34. The standard InChI is InChI=1S/C19H22BrN3O2S/c1-13(24)23(17-5-6-17)19-21-16(12-26-19)10-22-7-8-25-18(11-22)14-3-2-4-15(20)9-14/h2-4,9,12,17-18H,5-8,10-11H2,1H3. The third kappa shape index (κ3) is 4.17. The second-order valence-electron chi connectivity index (χ2n) is 6.89. The minimum atomic E-state index is 0.0829. The van der Waals surface area contributed by atoms with Crippen LogP contribution >= 0.6 is 27.3 Å². The minimum Gasteiger partial charge on any atom is -0.371 e. The first-order valence-corrected chi connectivity index (χ1v) is 10.6. The molecule has 0 N–H and O–H groups in total. The highest BCUT2D eigenvalue weighted by Gasteiger charge is 2.34. The van der Waals surface area contributed by atoms with Crippen LogP contribution in [0, 0.1) is 0 Å². The zero-order chi connectivity index (χ0) is 18.1. The lowest BCUT2D eigenvalue weighted by molar-refractivity contribution is -0.116. The molecule has 0 spiro atoms. The van der Waals surface area contributed by atoms with Crippen LogP contribution in [0.4, 0.5) is 5.13 Å². The van der Waals surface area contributed by atoms with E-state index >= 15 is 0 Å². The van der Waals surface area contributed by atoms with Crippen LogP contribution in [0.25, 0.3) is 0 Å². The summed E-state index contributed by atoms with van der Waals surface area (Å²) in [6.45, 7) is 4.89. The van der Waals surface area contributed by atoms with E-state index in [0.717, 1.165) is 54.4 Å². The Morgan fingerprint density at radius 2 is 2.31 bits per heavy atom. The molecule has 0 bridgehead atoms. The predicted octanol–water partition coefficient (Wildman–Crippen LogP) is 3.99. The van der Waals surface area contributed by atoms with E-state index in [1.807, 2.05) is 17.0 Å².